The van der Waals surface area contributed by atoms with Gasteiger partial charge in [-0.25, -0.2) is 14.2 Å². The van der Waals surface area contributed by atoms with Gasteiger partial charge in [-0.2, -0.15) is 18.3 Å². The van der Waals surface area contributed by atoms with Crippen molar-refractivity contribution in [2.45, 2.75) is 57.3 Å². The van der Waals surface area contributed by atoms with Gasteiger partial charge in [0.1, 0.15) is 17.7 Å². The van der Waals surface area contributed by atoms with Crippen LogP contribution in [0, 0.1) is 18.7 Å². The van der Waals surface area contributed by atoms with Gasteiger partial charge in [-0.15, -0.1) is 10.2 Å². The second-order valence-corrected chi connectivity index (χ2v) is 9.22. The zero-order valence-electron chi connectivity index (χ0n) is 19.2. The maximum atomic E-state index is 14.9. The molecular formula is C22H23F4N7O2. The van der Waals surface area contributed by atoms with Crippen molar-refractivity contribution in [3.05, 3.63) is 41.6 Å². The first-order valence-electron chi connectivity index (χ1n) is 11.2. The standard InChI is InChI=1S/C22H23F4N7O2/c1-11-5-4-6-21(19-30-29-12(2)35-19)9-17(11)33(21)20(34)28-16-7-13(18-27-10-32(3)31-18)14(8-15(16)23)22(24,25)26/h7-8,10-11,17H,4-6,9H2,1-3H3,(H,28,34)/t11-,17+,21+/m1/s1. The Morgan fingerprint density at radius 2 is 2.06 bits per heavy atom. The number of rotatable bonds is 3. The maximum Gasteiger partial charge on any atom is 0.417 e. The third-order valence-electron chi connectivity index (χ3n) is 6.88. The first kappa shape index (κ1) is 23.2. The van der Waals surface area contributed by atoms with Gasteiger partial charge < -0.3 is 14.6 Å². The number of hydrogen-bond acceptors (Lipinski definition) is 6. The summed E-state index contributed by atoms with van der Waals surface area (Å²) < 4.78 is 62.7. The Morgan fingerprint density at radius 1 is 1.29 bits per heavy atom. The molecule has 13 heteroatoms. The lowest BCUT2D eigenvalue weighted by atomic mass is 9.74. The third kappa shape index (κ3) is 3.82. The molecule has 5 rings (SSSR count). The second kappa shape index (κ2) is 8.02. The molecule has 1 N–H and O–H groups in total. The van der Waals surface area contributed by atoms with Gasteiger partial charge in [0, 0.05) is 32.0 Å². The molecule has 1 saturated heterocycles. The van der Waals surface area contributed by atoms with Crippen LogP contribution in [-0.4, -0.2) is 41.9 Å². The fraction of sp³-hybridized carbons (Fsp3) is 0.500. The number of halogens is 4. The Morgan fingerprint density at radius 3 is 2.69 bits per heavy atom. The van der Waals surface area contributed by atoms with Crippen molar-refractivity contribution in [1.29, 1.82) is 0 Å². The van der Waals surface area contributed by atoms with E-state index in [2.05, 4.69) is 25.6 Å². The summed E-state index contributed by atoms with van der Waals surface area (Å²) >= 11 is 0. The molecule has 0 unspecified atom stereocenters. The highest BCUT2D eigenvalue weighted by Gasteiger charge is 2.61. The van der Waals surface area contributed by atoms with E-state index in [-0.39, 0.29) is 17.8 Å². The molecule has 0 radical (unpaired) electrons. The van der Waals surface area contributed by atoms with Crippen molar-refractivity contribution in [1.82, 2.24) is 29.9 Å². The SMILES string of the molecule is Cc1nnc([C@]23CCC[C@@H](C)[C@H](C2)N3C(=O)Nc2cc(-c3ncn(C)n3)c(C(F)(F)F)cc2F)o1. The van der Waals surface area contributed by atoms with Gasteiger partial charge in [0.15, 0.2) is 5.82 Å². The summed E-state index contributed by atoms with van der Waals surface area (Å²) in [6, 6.07) is 0.468. The molecule has 2 fully saturated rings. The van der Waals surface area contributed by atoms with Gasteiger partial charge in [0.2, 0.25) is 11.8 Å². The number of fused-ring (bicyclic) bond motifs is 2. The molecule has 1 aromatic carbocycles. The van der Waals surface area contributed by atoms with Crippen molar-refractivity contribution < 1.29 is 26.8 Å². The summed E-state index contributed by atoms with van der Waals surface area (Å²) in [5, 5.41) is 14.4. The summed E-state index contributed by atoms with van der Waals surface area (Å²) in [5.74, 6) is -0.617. The van der Waals surface area contributed by atoms with Crippen molar-refractivity contribution in [2.24, 2.45) is 13.0 Å². The number of carbonyl (C=O) groups excluding carboxylic acids is 1. The summed E-state index contributed by atoms with van der Waals surface area (Å²) in [6.45, 7) is 3.68. The Balaban J connectivity index is 1.52. The van der Waals surface area contributed by atoms with Crippen LogP contribution in [0.25, 0.3) is 11.4 Å². The summed E-state index contributed by atoms with van der Waals surface area (Å²) in [5.41, 5.74) is -2.91. The fourth-order valence-corrected chi connectivity index (χ4v) is 5.18. The van der Waals surface area contributed by atoms with Crippen LogP contribution in [0.5, 0.6) is 0 Å². The average Bonchev–Trinajstić information content (AvgIpc) is 3.31. The van der Waals surface area contributed by atoms with Crippen molar-refractivity contribution >= 4 is 11.7 Å². The predicted octanol–water partition coefficient (Wildman–Crippen LogP) is 4.65. The summed E-state index contributed by atoms with van der Waals surface area (Å²) in [4.78, 5) is 18.9. The first-order valence-corrected chi connectivity index (χ1v) is 11.2. The van der Waals surface area contributed by atoms with E-state index in [1.165, 1.54) is 18.1 Å². The van der Waals surface area contributed by atoms with Gasteiger partial charge in [-0.1, -0.05) is 13.3 Å². The molecule has 1 saturated carbocycles. The number of benzene rings is 1. The molecule has 3 aromatic rings. The molecule has 3 atom stereocenters. The van der Waals surface area contributed by atoms with Crippen molar-refractivity contribution in [3.63, 3.8) is 0 Å². The molecule has 2 aliphatic rings. The Hall–Kier alpha value is -3.51. The molecule has 1 aliphatic heterocycles. The number of likely N-dealkylation sites (tertiary alicyclic amines) is 1. The van der Waals surface area contributed by atoms with Crippen LogP contribution in [0.2, 0.25) is 0 Å². The van der Waals surface area contributed by atoms with Gasteiger partial charge in [0.25, 0.3) is 0 Å². The van der Waals surface area contributed by atoms with E-state index in [0.29, 0.717) is 30.7 Å². The third-order valence-corrected chi connectivity index (χ3v) is 6.88. The van der Waals surface area contributed by atoms with E-state index >= 15 is 0 Å². The van der Waals surface area contributed by atoms with Crippen LogP contribution in [0.3, 0.4) is 0 Å². The van der Waals surface area contributed by atoms with E-state index < -0.39 is 40.4 Å². The van der Waals surface area contributed by atoms with E-state index in [9.17, 15) is 22.4 Å². The molecule has 3 heterocycles. The van der Waals surface area contributed by atoms with Crippen LogP contribution in [0.4, 0.5) is 28.0 Å². The average molecular weight is 493 g/mol. The topological polar surface area (TPSA) is 102 Å². The van der Waals surface area contributed by atoms with Gasteiger partial charge in [0.05, 0.1) is 11.3 Å². The Bertz CT molecular complexity index is 1290. The van der Waals surface area contributed by atoms with E-state index in [1.54, 1.807) is 11.8 Å². The molecule has 9 nitrogen and oxygen atoms in total. The maximum absolute atomic E-state index is 14.9. The molecular weight excluding hydrogens is 470 g/mol. The highest BCUT2D eigenvalue weighted by atomic mass is 19.4. The van der Waals surface area contributed by atoms with Crippen molar-refractivity contribution in [3.8, 4) is 11.4 Å². The zero-order chi connectivity index (χ0) is 25.1. The highest BCUT2D eigenvalue weighted by Crippen LogP contribution is 2.54. The quantitative estimate of drug-likeness (QED) is 0.533. The summed E-state index contributed by atoms with van der Waals surface area (Å²) in [6.07, 6.45) is -0.706. The first-order chi connectivity index (χ1) is 16.5. The number of aryl methyl sites for hydroxylation is 2. The van der Waals surface area contributed by atoms with Gasteiger partial charge in [-0.3, -0.25) is 4.68 Å². The molecule has 0 spiro atoms. The Labute approximate surface area is 197 Å². The lowest BCUT2D eigenvalue weighted by Gasteiger charge is -2.56. The predicted molar refractivity (Wildman–Crippen MR) is 114 cm³/mol. The van der Waals surface area contributed by atoms with Gasteiger partial charge in [-0.05, 0) is 30.9 Å². The minimum absolute atomic E-state index is 0.154. The number of nitrogens with one attached hydrogen (secondary N) is 1. The van der Waals surface area contributed by atoms with Crippen LogP contribution >= 0.6 is 0 Å². The zero-order valence-corrected chi connectivity index (χ0v) is 19.2. The van der Waals surface area contributed by atoms with Crippen LogP contribution in [-0.2, 0) is 18.8 Å². The number of alkyl halides is 3. The van der Waals surface area contributed by atoms with Gasteiger partial charge >= 0.3 is 12.2 Å². The van der Waals surface area contributed by atoms with E-state index in [4.69, 9.17) is 4.42 Å². The molecule has 2 amide bonds. The largest absolute Gasteiger partial charge is 0.423 e. The number of anilines is 1. The van der Waals surface area contributed by atoms with E-state index in [1.807, 2.05) is 6.92 Å². The smallest absolute Gasteiger partial charge is 0.417 e. The fourth-order valence-electron chi connectivity index (χ4n) is 5.18. The normalized spacial score (nSPS) is 24.1. The van der Waals surface area contributed by atoms with Crippen LogP contribution in [0.15, 0.2) is 22.9 Å². The molecule has 186 valence electrons. The van der Waals surface area contributed by atoms with Crippen LogP contribution in [0.1, 0.15) is 50.0 Å². The number of aromatic nitrogens is 5. The molecule has 35 heavy (non-hydrogen) atoms. The van der Waals surface area contributed by atoms with Crippen LogP contribution < -0.4 is 5.32 Å². The van der Waals surface area contributed by atoms with Crippen molar-refractivity contribution in [2.75, 3.05) is 5.32 Å². The number of nitrogens with zero attached hydrogens (tertiary/aromatic N) is 6. The molecule has 2 bridgehead atoms. The van der Waals surface area contributed by atoms with E-state index in [0.717, 1.165) is 18.9 Å². The Kier molecular flexibility index (Phi) is 5.33. The number of amides is 2. The molecule has 2 aromatic heterocycles. The minimum atomic E-state index is -4.85. The highest BCUT2D eigenvalue weighted by molar-refractivity contribution is 5.92. The summed E-state index contributed by atoms with van der Waals surface area (Å²) in [7, 11) is 1.50. The molecule has 1 aliphatic carbocycles. The number of hydrogen-bond donors (Lipinski definition) is 1. The monoisotopic (exact) mass is 493 g/mol. The number of urea groups is 1. The lowest BCUT2D eigenvalue weighted by molar-refractivity contribution is -0.137. The minimum Gasteiger partial charge on any atom is -0.423 e. The number of carbonyl (C=O) groups is 1. The lowest BCUT2D eigenvalue weighted by Crippen LogP contribution is -2.67. The second-order valence-electron chi connectivity index (χ2n) is 9.22.